The molecule has 0 aliphatic carbocycles. The summed E-state index contributed by atoms with van der Waals surface area (Å²) >= 11 is 1.09. The minimum Gasteiger partial charge on any atom is -0.279 e. The van der Waals surface area contributed by atoms with Crippen LogP contribution in [0.3, 0.4) is 0 Å². The fourth-order valence-corrected chi connectivity index (χ4v) is 5.91. The minimum absolute atomic E-state index is 0.104. The average molecular weight is 573 g/mol. The molecule has 10 nitrogen and oxygen atoms in total. The summed E-state index contributed by atoms with van der Waals surface area (Å²) in [4.78, 5) is 43.5. The standard InChI is InChI=1S/C28H18F2N6O4S/c1-16-24-26(37)35(19-10-11-23(31-14-19)34-13-3-12-32-34)28(38)33(15-20-21(29)4-2-5-22(20)30)27(24)41-25(16)17-6-8-18(9-7-17)36(39)40/h2-14H,15H2,1H3. The van der Waals surface area contributed by atoms with Gasteiger partial charge in [-0.1, -0.05) is 6.07 Å². The Bertz CT molecular complexity index is 2050. The van der Waals surface area contributed by atoms with Gasteiger partial charge in [-0.2, -0.15) is 5.10 Å². The number of benzene rings is 2. The number of hydrogen-bond acceptors (Lipinski definition) is 7. The van der Waals surface area contributed by atoms with E-state index in [9.17, 15) is 28.5 Å². The van der Waals surface area contributed by atoms with Gasteiger partial charge in [0.15, 0.2) is 5.82 Å². The number of nitrogens with zero attached hydrogens (tertiary/aromatic N) is 6. The molecule has 0 saturated heterocycles. The van der Waals surface area contributed by atoms with Crippen molar-refractivity contribution in [1.82, 2.24) is 23.9 Å². The van der Waals surface area contributed by atoms with Gasteiger partial charge in [0.1, 0.15) is 16.5 Å². The zero-order chi connectivity index (χ0) is 28.8. The number of pyridine rings is 1. The summed E-state index contributed by atoms with van der Waals surface area (Å²) in [6, 6.07) is 14.0. The van der Waals surface area contributed by atoms with E-state index in [-0.39, 0.29) is 27.2 Å². The second-order valence-electron chi connectivity index (χ2n) is 9.08. The molecule has 0 aliphatic rings. The number of nitro benzene ring substituents is 1. The maximum Gasteiger partial charge on any atom is 0.337 e. The molecule has 2 aromatic carbocycles. The Kier molecular flexibility index (Phi) is 6.34. The first-order chi connectivity index (χ1) is 19.7. The Morgan fingerprint density at radius 2 is 1.73 bits per heavy atom. The number of fused-ring (bicyclic) bond motifs is 1. The van der Waals surface area contributed by atoms with Crippen molar-refractivity contribution in [2.45, 2.75) is 13.5 Å². The lowest BCUT2D eigenvalue weighted by molar-refractivity contribution is -0.384. The van der Waals surface area contributed by atoms with Crippen LogP contribution in [0, 0.1) is 28.7 Å². The van der Waals surface area contributed by atoms with Crippen LogP contribution in [0.2, 0.25) is 0 Å². The summed E-state index contributed by atoms with van der Waals surface area (Å²) in [5.74, 6) is -1.22. The summed E-state index contributed by atoms with van der Waals surface area (Å²) in [7, 11) is 0. The zero-order valence-corrected chi connectivity index (χ0v) is 22.0. The molecule has 4 aromatic heterocycles. The zero-order valence-electron chi connectivity index (χ0n) is 21.2. The molecule has 6 aromatic rings. The molecule has 13 heteroatoms. The quantitative estimate of drug-likeness (QED) is 0.205. The highest BCUT2D eigenvalue weighted by molar-refractivity contribution is 7.22. The van der Waals surface area contributed by atoms with E-state index in [1.165, 1.54) is 35.1 Å². The highest BCUT2D eigenvalue weighted by Crippen LogP contribution is 2.37. The van der Waals surface area contributed by atoms with E-state index in [1.54, 1.807) is 43.6 Å². The molecule has 41 heavy (non-hydrogen) atoms. The molecule has 0 radical (unpaired) electrons. The van der Waals surface area contributed by atoms with Gasteiger partial charge in [-0.3, -0.25) is 19.5 Å². The van der Waals surface area contributed by atoms with Gasteiger partial charge in [0, 0.05) is 35.0 Å². The molecule has 0 bridgehead atoms. The maximum atomic E-state index is 14.7. The van der Waals surface area contributed by atoms with Crippen LogP contribution in [0.25, 0.3) is 32.2 Å². The van der Waals surface area contributed by atoms with Crippen LogP contribution in [0.1, 0.15) is 11.1 Å². The topological polar surface area (TPSA) is 118 Å². The first kappa shape index (κ1) is 26.0. The van der Waals surface area contributed by atoms with Crippen LogP contribution in [-0.4, -0.2) is 28.8 Å². The third-order valence-electron chi connectivity index (χ3n) is 6.66. The van der Waals surface area contributed by atoms with Gasteiger partial charge in [-0.15, -0.1) is 11.3 Å². The highest BCUT2D eigenvalue weighted by atomic mass is 32.1. The van der Waals surface area contributed by atoms with Crippen LogP contribution in [0.4, 0.5) is 14.5 Å². The summed E-state index contributed by atoms with van der Waals surface area (Å²) in [6.07, 6.45) is 4.61. The number of aromatic nitrogens is 5. The molecule has 0 amide bonds. The van der Waals surface area contributed by atoms with Crippen molar-refractivity contribution in [3.05, 3.63) is 133 Å². The fraction of sp³-hybridized carbons (Fsp3) is 0.0714. The van der Waals surface area contributed by atoms with Gasteiger partial charge in [0.05, 0.1) is 28.7 Å². The van der Waals surface area contributed by atoms with Crippen LogP contribution in [0.5, 0.6) is 0 Å². The highest BCUT2D eigenvalue weighted by Gasteiger charge is 2.23. The minimum atomic E-state index is -0.836. The summed E-state index contributed by atoms with van der Waals surface area (Å²) in [5.41, 5.74) is -0.628. The number of thiophene rings is 1. The SMILES string of the molecule is Cc1c(-c2ccc([N+](=O)[O-])cc2)sc2c1c(=O)n(-c1ccc(-n3cccn3)nc1)c(=O)n2Cc1c(F)cccc1F. The van der Waals surface area contributed by atoms with E-state index in [4.69, 9.17) is 0 Å². The first-order valence-electron chi connectivity index (χ1n) is 12.2. The van der Waals surface area contributed by atoms with E-state index in [2.05, 4.69) is 10.1 Å². The van der Waals surface area contributed by atoms with E-state index in [0.29, 0.717) is 21.8 Å². The van der Waals surface area contributed by atoms with Crippen LogP contribution in [-0.2, 0) is 6.54 Å². The molecule has 0 N–H and O–H groups in total. The van der Waals surface area contributed by atoms with Crippen molar-refractivity contribution in [2.75, 3.05) is 0 Å². The molecule has 0 unspecified atom stereocenters. The predicted molar refractivity (Wildman–Crippen MR) is 149 cm³/mol. The van der Waals surface area contributed by atoms with E-state index < -0.39 is 34.4 Å². The van der Waals surface area contributed by atoms with Crippen molar-refractivity contribution >= 4 is 27.2 Å². The second kappa shape index (κ2) is 10.0. The summed E-state index contributed by atoms with van der Waals surface area (Å²) < 4.78 is 33.0. The number of aryl methyl sites for hydroxylation is 1. The Morgan fingerprint density at radius 1 is 1.00 bits per heavy atom. The molecular formula is C28H18F2N6O4S. The van der Waals surface area contributed by atoms with Crippen LogP contribution < -0.4 is 11.2 Å². The Labute approximate surface area is 233 Å². The molecule has 0 fully saturated rings. The van der Waals surface area contributed by atoms with Crippen molar-refractivity contribution in [1.29, 1.82) is 0 Å². The van der Waals surface area contributed by atoms with Crippen molar-refractivity contribution in [2.24, 2.45) is 0 Å². The second-order valence-corrected chi connectivity index (χ2v) is 10.1. The lowest BCUT2D eigenvalue weighted by Gasteiger charge is -2.13. The molecule has 4 heterocycles. The van der Waals surface area contributed by atoms with Crippen molar-refractivity contribution < 1.29 is 13.7 Å². The van der Waals surface area contributed by atoms with E-state index in [1.807, 2.05) is 0 Å². The first-order valence-corrected chi connectivity index (χ1v) is 13.0. The molecular weight excluding hydrogens is 554 g/mol. The van der Waals surface area contributed by atoms with Crippen molar-refractivity contribution in [3.8, 4) is 21.9 Å². The van der Waals surface area contributed by atoms with Crippen LogP contribution >= 0.6 is 11.3 Å². The third-order valence-corrected chi connectivity index (χ3v) is 8.02. The van der Waals surface area contributed by atoms with Crippen molar-refractivity contribution in [3.63, 3.8) is 0 Å². The third kappa shape index (κ3) is 4.41. The molecule has 0 saturated carbocycles. The molecule has 0 atom stereocenters. The van der Waals surface area contributed by atoms with Gasteiger partial charge < -0.3 is 0 Å². The fourth-order valence-electron chi connectivity index (χ4n) is 4.62. The number of rotatable bonds is 6. The number of halogens is 2. The lowest BCUT2D eigenvalue weighted by Crippen LogP contribution is -2.39. The molecule has 0 aliphatic heterocycles. The molecule has 6 rings (SSSR count). The van der Waals surface area contributed by atoms with Gasteiger partial charge in [0.25, 0.3) is 11.2 Å². The monoisotopic (exact) mass is 572 g/mol. The average Bonchev–Trinajstić information content (AvgIpc) is 3.62. The van der Waals surface area contributed by atoms with Crippen LogP contribution in [0.15, 0.2) is 88.8 Å². The van der Waals surface area contributed by atoms with E-state index >= 15 is 0 Å². The number of nitro groups is 1. The smallest absolute Gasteiger partial charge is 0.279 e. The number of hydrogen-bond donors (Lipinski definition) is 0. The normalized spacial score (nSPS) is 11.3. The van der Waals surface area contributed by atoms with Gasteiger partial charge >= 0.3 is 5.69 Å². The van der Waals surface area contributed by atoms with Gasteiger partial charge in [-0.05, 0) is 60.5 Å². The van der Waals surface area contributed by atoms with Gasteiger partial charge in [-0.25, -0.2) is 27.8 Å². The van der Waals surface area contributed by atoms with E-state index in [0.717, 1.165) is 32.6 Å². The Hall–Kier alpha value is -5.30. The van der Waals surface area contributed by atoms with Gasteiger partial charge in [0.2, 0.25) is 0 Å². The Morgan fingerprint density at radius 3 is 2.34 bits per heavy atom. The molecule has 0 spiro atoms. The largest absolute Gasteiger partial charge is 0.337 e. The number of non-ortho nitro benzene ring substituents is 1. The lowest BCUT2D eigenvalue weighted by atomic mass is 10.1. The molecule has 204 valence electrons. The Balaban J connectivity index is 1.60. The maximum absolute atomic E-state index is 14.7. The summed E-state index contributed by atoms with van der Waals surface area (Å²) in [5, 5.41) is 15.4. The summed E-state index contributed by atoms with van der Waals surface area (Å²) in [6.45, 7) is 1.21. The predicted octanol–water partition coefficient (Wildman–Crippen LogP) is 5.00.